The Bertz CT molecular complexity index is 176. The normalized spacial score (nSPS) is 24.1. The van der Waals surface area contributed by atoms with Gasteiger partial charge in [-0.15, -0.1) is 0 Å². The monoisotopic (exact) mass is 142 g/mol. The standard InChI is InChI=1S/C7H11FN2/c1-6(2)9-4-5-10(8)7(9)3/h4-5,7H,1H2,2-3H3. The molecule has 1 rings (SSSR count). The number of hydrogen-bond donors (Lipinski definition) is 0. The van der Waals surface area contributed by atoms with Crippen molar-refractivity contribution in [1.29, 1.82) is 0 Å². The Morgan fingerprint density at radius 1 is 1.60 bits per heavy atom. The van der Waals surface area contributed by atoms with Gasteiger partial charge in [-0.3, -0.25) is 0 Å². The van der Waals surface area contributed by atoms with E-state index in [1.54, 1.807) is 18.0 Å². The van der Waals surface area contributed by atoms with Gasteiger partial charge >= 0.3 is 0 Å². The Morgan fingerprint density at radius 3 is 2.40 bits per heavy atom. The Balaban J connectivity index is 2.66. The van der Waals surface area contributed by atoms with E-state index in [0.29, 0.717) is 5.12 Å². The second-order valence-electron chi connectivity index (χ2n) is 2.42. The van der Waals surface area contributed by atoms with Crippen LogP contribution in [0.5, 0.6) is 0 Å². The van der Waals surface area contributed by atoms with Crippen LogP contribution >= 0.6 is 0 Å². The highest BCUT2D eigenvalue weighted by atomic mass is 19.2. The summed E-state index contributed by atoms with van der Waals surface area (Å²) < 4.78 is 12.6. The molecule has 2 nitrogen and oxygen atoms in total. The average Bonchev–Trinajstić information content (AvgIpc) is 2.14. The molecule has 0 aromatic heterocycles. The van der Waals surface area contributed by atoms with Crippen molar-refractivity contribution in [3.63, 3.8) is 0 Å². The summed E-state index contributed by atoms with van der Waals surface area (Å²) in [5.41, 5.74) is 0.851. The van der Waals surface area contributed by atoms with Crippen LogP contribution < -0.4 is 0 Å². The fourth-order valence-electron chi connectivity index (χ4n) is 0.950. The maximum Gasteiger partial charge on any atom is 0.132 e. The molecule has 1 atom stereocenters. The molecule has 0 bridgehead atoms. The third-order valence-corrected chi connectivity index (χ3v) is 1.57. The maximum atomic E-state index is 12.6. The zero-order valence-electron chi connectivity index (χ0n) is 6.21. The van der Waals surface area contributed by atoms with Gasteiger partial charge in [0.05, 0.1) is 6.20 Å². The molecule has 1 aliphatic heterocycles. The van der Waals surface area contributed by atoms with Crippen LogP contribution in [0.2, 0.25) is 0 Å². The summed E-state index contributed by atoms with van der Waals surface area (Å²) in [6.07, 6.45) is 2.82. The molecule has 0 amide bonds. The first kappa shape index (κ1) is 7.12. The van der Waals surface area contributed by atoms with Gasteiger partial charge in [-0.25, -0.2) is 0 Å². The van der Waals surface area contributed by atoms with E-state index in [2.05, 4.69) is 6.58 Å². The molecule has 1 aliphatic rings. The zero-order valence-corrected chi connectivity index (χ0v) is 6.21. The van der Waals surface area contributed by atoms with E-state index < -0.39 is 0 Å². The Morgan fingerprint density at radius 2 is 2.20 bits per heavy atom. The van der Waals surface area contributed by atoms with E-state index >= 15 is 0 Å². The van der Waals surface area contributed by atoms with Crippen LogP contribution in [0.4, 0.5) is 4.48 Å². The zero-order chi connectivity index (χ0) is 7.72. The van der Waals surface area contributed by atoms with Gasteiger partial charge in [0, 0.05) is 11.9 Å². The first-order valence-electron chi connectivity index (χ1n) is 3.19. The molecule has 0 fully saturated rings. The third-order valence-electron chi connectivity index (χ3n) is 1.57. The molecule has 0 aromatic carbocycles. The van der Waals surface area contributed by atoms with Gasteiger partial charge in [0.25, 0.3) is 0 Å². The van der Waals surface area contributed by atoms with Crippen molar-refractivity contribution in [2.24, 2.45) is 0 Å². The molecule has 56 valence electrons. The first-order chi connectivity index (χ1) is 4.63. The van der Waals surface area contributed by atoms with Crippen LogP contribution in [0, 0.1) is 0 Å². The van der Waals surface area contributed by atoms with E-state index in [0.717, 1.165) is 5.70 Å². The van der Waals surface area contributed by atoms with Gasteiger partial charge in [-0.2, -0.15) is 5.12 Å². The lowest BCUT2D eigenvalue weighted by Crippen LogP contribution is -2.29. The van der Waals surface area contributed by atoms with E-state index in [4.69, 9.17) is 0 Å². The van der Waals surface area contributed by atoms with Crippen molar-refractivity contribution in [1.82, 2.24) is 10.0 Å². The summed E-state index contributed by atoms with van der Waals surface area (Å²) in [6, 6.07) is 0. The SMILES string of the molecule is C=C(C)N1C=CN(F)C1C. The lowest BCUT2D eigenvalue weighted by Gasteiger charge is -2.23. The van der Waals surface area contributed by atoms with Crippen molar-refractivity contribution >= 4 is 0 Å². The van der Waals surface area contributed by atoms with Gasteiger partial charge < -0.3 is 4.90 Å². The van der Waals surface area contributed by atoms with E-state index in [9.17, 15) is 4.48 Å². The minimum atomic E-state index is -0.238. The van der Waals surface area contributed by atoms with Gasteiger partial charge in [0.15, 0.2) is 0 Å². The quantitative estimate of drug-likeness (QED) is 0.515. The van der Waals surface area contributed by atoms with Crippen LogP contribution in [0.1, 0.15) is 13.8 Å². The molecule has 1 heterocycles. The molecular formula is C7H11FN2. The first-order valence-corrected chi connectivity index (χ1v) is 3.19. The highest BCUT2D eigenvalue weighted by Crippen LogP contribution is 2.18. The lowest BCUT2D eigenvalue weighted by atomic mass is 10.4. The predicted octanol–water partition coefficient (Wildman–Crippen LogP) is 1.84. The molecule has 10 heavy (non-hydrogen) atoms. The summed E-state index contributed by atoms with van der Waals surface area (Å²) in [5, 5.41) is 0.648. The van der Waals surface area contributed by atoms with Crippen molar-refractivity contribution in [2.75, 3.05) is 0 Å². The number of rotatable bonds is 1. The van der Waals surface area contributed by atoms with Crippen molar-refractivity contribution in [3.8, 4) is 0 Å². The van der Waals surface area contributed by atoms with Crippen molar-refractivity contribution < 1.29 is 4.48 Å². The molecule has 0 N–H and O–H groups in total. The van der Waals surface area contributed by atoms with E-state index in [1.807, 2.05) is 6.92 Å². The second-order valence-corrected chi connectivity index (χ2v) is 2.42. The summed E-state index contributed by atoms with van der Waals surface area (Å²) in [5.74, 6) is 0. The molecule has 0 aliphatic carbocycles. The highest BCUT2D eigenvalue weighted by Gasteiger charge is 2.21. The number of nitrogens with zero attached hydrogens (tertiary/aromatic N) is 2. The summed E-state index contributed by atoms with van der Waals surface area (Å²) in [6.45, 7) is 7.32. The number of allylic oxidation sites excluding steroid dienone is 1. The predicted molar refractivity (Wildman–Crippen MR) is 38.2 cm³/mol. The Labute approximate surface area is 60.2 Å². The summed E-state index contributed by atoms with van der Waals surface area (Å²) in [4.78, 5) is 1.76. The molecule has 0 saturated carbocycles. The lowest BCUT2D eigenvalue weighted by molar-refractivity contribution is 0.0142. The van der Waals surface area contributed by atoms with Crippen LogP contribution in [-0.2, 0) is 0 Å². The maximum absolute atomic E-state index is 12.6. The minimum Gasteiger partial charge on any atom is -0.328 e. The largest absolute Gasteiger partial charge is 0.328 e. The fraction of sp³-hybridized carbons (Fsp3) is 0.429. The minimum absolute atomic E-state index is 0.238. The highest BCUT2D eigenvalue weighted by molar-refractivity contribution is 5.03. The Kier molecular flexibility index (Phi) is 1.66. The van der Waals surface area contributed by atoms with E-state index in [1.165, 1.54) is 6.20 Å². The molecule has 0 aromatic rings. The molecule has 0 saturated heterocycles. The van der Waals surface area contributed by atoms with Gasteiger partial charge in [-0.1, -0.05) is 11.1 Å². The van der Waals surface area contributed by atoms with E-state index in [-0.39, 0.29) is 6.17 Å². The van der Waals surface area contributed by atoms with Gasteiger partial charge in [0.1, 0.15) is 6.17 Å². The third kappa shape index (κ3) is 0.988. The van der Waals surface area contributed by atoms with Crippen LogP contribution in [0.15, 0.2) is 24.7 Å². The fourth-order valence-corrected chi connectivity index (χ4v) is 0.950. The van der Waals surface area contributed by atoms with Crippen molar-refractivity contribution in [2.45, 2.75) is 20.0 Å². The smallest absolute Gasteiger partial charge is 0.132 e. The summed E-state index contributed by atoms with van der Waals surface area (Å²) in [7, 11) is 0. The summed E-state index contributed by atoms with van der Waals surface area (Å²) >= 11 is 0. The Hall–Kier alpha value is -0.990. The molecular weight excluding hydrogens is 131 g/mol. The average molecular weight is 142 g/mol. The number of hydrogen-bond acceptors (Lipinski definition) is 2. The van der Waals surface area contributed by atoms with Crippen LogP contribution in [-0.4, -0.2) is 16.2 Å². The van der Waals surface area contributed by atoms with Crippen LogP contribution in [0.25, 0.3) is 0 Å². The van der Waals surface area contributed by atoms with Gasteiger partial charge in [-0.05, 0) is 13.8 Å². The number of halogens is 1. The van der Waals surface area contributed by atoms with Crippen molar-refractivity contribution in [3.05, 3.63) is 24.7 Å². The molecule has 0 spiro atoms. The van der Waals surface area contributed by atoms with Crippen LogP contribution in [0.3, 0.4) is 0 Å². The van der Waals surface area contributed by atoms with Gasteiger partial charge in [0.2, 0.25) is 0 Å². The topological polar surface area (TPSA) is 6.48 Å². The molecule has 0 radical (unpaired) electrons. The molecule has 1 unspecified atom stereocenters. The molecule has 3 heteroatoms. The second kappa shape index (κ2) is 2.33.